The van der Waals surface area contributed by atoms with Gasteiger partial charge in [-0.15, -0.1) is 0 Å². The molecule has 0 N–H and O–H groups in total. The Balaban J connectivity index is 2.08. The van der Waals surface area contributed by atoms with Gasteiger partial charge in [0.05, 0.1) is 28.8 Å². The molecular formula is C8H10INO2. The molecule has 0 aromatic heterocycles. The van der Waals surface area contributed by atoms with Crippen LogP contribution in [0.2, 0.25) is 0 Å². The molecule has 2 rings (SSSR count). The van der Waals surface area contributed by atoms with E-state index in [1.165, 1.54) is 9.53 Å². The van der Waals surface area contributed by atoms with E-state index < -0.39 is 0 Å². The van der Waals surface area contributed by atoms with Crippen molar-refractivity contribution in [1.82, 2.24) is 3.11 Å². The van der Waals surface area contributed by atoms with E-state index >= 15 is 0 Å². The molecule has 0 spiro atoms. The number of carbonyl (C=O) groups is 2. The second-order valence-corrected chi connectivity index (χ2v) is 4.48. The number of halogens is 1. The van der Waals surface area contributed by atoms with Crippen molar-refractivity contribution in [3.63, 3.8) is 0 Å². The molecule has 3 nitrogen and oxygen atoms in total. The van der Waals surface area contributed by atoms with Crippen LogP contribution in [0.3, 0.4) is 0 Å². The molecular weight excluding hydrogens is 269 g/mol. The van der Waals surface area contributed by atoms with E-state index in [0.717, 1.165) is 12.8 Å². The van der Waals surface area contributed by atoms with Gasteiger partial charge in [-0.2, -0.15) is 0 Å². The highest BCUT2D eigenvalue weighted by molar-refractivity contribution is 14.1. The van der Waals surface area contributed by atoms with Crippen LogP contribution in [0.15, 0.2) is 0 Å². The van der Waals surface area contributed by atoms with Gasteiger partial charge in [-0.05, 0) is 18.8 Å². The number of hydrogen-bond acceptors (Lipinski definition) is 2. The van der Waals surface area contributed by atoms with Gasteiger partial charge in [0.15, 0.2) is 0 Å². The number of hydrogen-bond donors (Lipinski definition) is 0. The minimum atomic E-state index is -0.0162. The summed E-state index contributed by atoms with van der Waals surface area (Å²) in [7, 11) is 0. The second kappa shape index (κ2) is 2.97. The molecule has 1 atom stereocenters. The summed E-state index contributed by atoms with van der Waals surface area (Å²) in [5, 5.41) is 0. The molecule has 1 saturated carbocycles. The summed E-state index contributed by atoms with van der Waals surface area (Å²) >= 11 is 1.81. The fraction of sp³-hybridized carbons (Fsp3) is 0.750. The average Bonchev–Trinajstić information content (AvgIpc) is 2.15. The molecule has 66 valence electrons. The first-order valence-electron chi connectivity index (χ1n) is 4.22. The van der Waals surface area contributed by atoms with Crippen molar-refractivity contribution in [1.29, 1.82) is 0 Å². The van der Waals surface area contributed by atoms with Crippen molar-refractivity contribution < 1.29 is 9.59 Å². The van der Waals surface area contributed by atoms with Crippen LogP contribution >= 0.6 is 22.9 Å². The van der Waals surface area contributed by atoms with Crippen LogP contribution in [0.5, 0.6) is 0 Å². The van der Waals surface area contributed by atoms with Crippen LogP contribution in [0.1, 0.15) is 25.7 Å². The summed E-state index contributed by atoms with van der Waals surface area (Å²) < 4.78 is 1.25. The fourth-order valence-corrected chi connectivity index (χ4v) is 2.39. The maximum Gasteiger partial charge on any atom is 0.242 e. The summed E-state index contributed by atoms with van der Waals surface area (Å²) in [5.74, 6) is 0.534. The van der Waals surface area contributed by atoms with E-state index in [2.05, 4.69) is 0 Å². The lowest BCUT2D eigenvalue weighted by Crippen LogP contribution is -2.28. The fourth-order valence-electron chi connectivity index (χ4n) is 1.83. The van der Waals surface area contributed by atoms with E-state index in [1.54, 1.807) is 0 Å². The van der Waals surface area contributed by atoms with Crippen molar-refractivity contribution in [2.75, 3.05) is 0 Å². The zero-order chi connectivity index (χ0) is 8.72. The number of rotatable bonds is 1. The largest absolute Gasteiger partial charge is 0.274 e. The second-order valence-electron chi connectivity index (χ2n) is 3.51. The van der Waals surface area contributed by atoms with Crippen LogP contribution in [-0.2, 0) is 9.59 Å². The third-order valence-corrected chi connectivity index (χ3v) is 3.86. The van der Waals surface area contributed by atoms with Gasteiger partial charge in [0.1, 0.15) is 0 Å². The van der Waals surface area contributed by atoms with Crippen LogP contribution in [-0.4, -0.2) is 14.9 Å². The molecule has 2 aliphatic rings. The average molecular weight is 279 g/mol. The van der Waals surface area contributed by atoms with Gasteiger partial charge in [-0.25, -0.2) is 3.11 Å². The minimum absolute atomic E-state index is 0.0162. The topological polar surface area (TPSA) is 37.4 Å². The molecule has 0 aromatic rings. The Labute approximate surface area is 85.0 Å². The van der Waals surface area contributed by atoms with E-state index in [-0.39, 0.29) is 17.7 Å². The van der Waals surface area contributed by atoms with E-state index in [1.807, 2.05) is 22.9 Å². The Morgan fingerprint density at radius 3 is 2.33 bits per heavy atom. The van der Waals surface area contributed by atoms with Crippen molar-refractivity contribution >= 4 is 34.7 Å². The molecule has 0 radical (unpaired) electrons. The molecule has 1 heterocycles. The first-order chi connectivity index (χ1) is 5.70. The molecule has 12 heavy (non-hydrogen) atoms. The molecule has 2 amide bonds. The van der Waals surface area contributed by atoms with Gasteiger partial charge >= 0.3 is 0 Å². The maximum absolute atomic E-state index is 11.4. The quantitative estimate of drug-likeness (QED) is 0.414. The summed E-state index contributed by atoms with van der Waals surface area (Å²) in [5.41, 5.74) is 0. The first-order valence-corrected chi connectivity index (χ1v) is 5.19. The Hall–Kier alpha value is -0.130. The Morgan fingerprint density at radius 1 is 1.33 bits per heavy atom. The van der Waals surface area contributed by atoms with Gasteiger partial charge in [0.25, 0.3) is 0 Å². The summed E-state index contributed by atoms with van der Waals surface area (Å²) in [6.45, 7) is 0. The van der Waals surface area contributed by atoms with Crippen molar-refractivity contribution in [2.45, 2.75) is 25.7 Å². The number of amides is 2. The minimum Gasteiger partial charge on any atom is -0.274 e. The molecule has 1 aliphatic carbocycles. The van der Waals surface area contributed by atoms with Gasteiger partial charge in [-0.3, -0.25) is 9.59 Å². The lowest BCUT2D eigenvalue weighted by molar-refractivity contribution is -0.132. The zero-order valence-corrected chi connectivity index (χ0v) is 8.78. The smallest absolute Gasteiger partial charge is 0.242 e. The van der Waals surface area contributed by atoms with Crippen LogP contribution in [0.4, 0.5) is 0 Å². The monoisotopic (exact) mass is 279 g/mol. The van der Waals surface area contributed by atoms with Gasteiger partial charge in [0.2, 0.25) is 11.8 Å². The third kappa shape index (κ3) is 1.16. The highest BCUT2D eigenvalue weighted by Gasteiger charge is 2.43. The van der Waals surface area contributed by atoms with E-state index in [0.29, 0.717) is 12.3 Å². The molecule has 1 aliphatic heterocycles. The molecule has 4 heteroatoms. The Bertz CT molecular complexity index is 237. The lowest BCUT2D eigenvalue weighted by atomic mass is 9.75. The van der Waals surface area contributed by atoms with Crippen LogP contribution in [0.25, 0.3) is 0 Å². The van der Waals surface area contributed by atoms with Gasteiger partial charge in [0, 0.05) is 6.42 Å². The maximum atomic E-state index is 11.4. The molecule has 1 saturated heterocycles. The van der Waals surface area contributed by atoms with Crippen LogP contribution in [0, 0.1) is 11.8 Å². The number of carbonyl (C=O) groups excluding carboxylic acids is 2. The van der Waals surface area contributed by atoms with Crippen molar-refractivity contribution in [2.24, 2.45) is 11.8 Å². The van der Waals surface area contributed by atoms with Crippen LogP contribution < -0.4 is 0 Å². The molecule has 1 unspecified atom stereocenters. The third-order valence-electron chi connectivity index (χ3n) is 2.84. The first kappa shape index (κ1) is 8.47. The van der Waals surface area contributed by atoms with Crippen molar-refractivity contribution in [3.05, 3.63) is 0 Å². The molecule has 0 bridgehead atoms. The summed E-state index contributed by atoms with van der Waals surface area (Å²) in [6.07, 6.45) is 3.94. The highest BCUT2D eigenvalue weighted by atomic mass is 127. The van der Waals surface area contributed by atoms with Gasteiger partial charge < -0.3 is 0 Å². The molecule has 2 fully saturated rings. The van der Waals surface area contributed by atoms with E-state index in [9.17, 15) is 9.59 Å². The SMILES string of the molecule is O=C1CC(C2CCC2)C(=O)N1I. The van der Waals surface area contributed by atoms with E-state index in [4.69, 9.17) is 0 Å². The Morgan fingerprint density at radius 2 is 2.00 bits per heavy atom. The number of imide groups is 1. The molecule has 0 aromatic carbocycles. The predicted molar refractivity (Wildman–Crippen MR) is 51.3 cm³/mol. The highest BCUT2D eigenvalue weighted by Crippen LogP contribution is 2.40. The standard InChI is InChI=1S/C8H10INO2/c9-10-7(11)4-6(8(10)12)5-2-1-3-5/h5-6H,1-4H2. The van der Waals surface area contributed by atoms with Crippen molar-refractivity contribution in [3.8, 4) is 0 Å². The Kier molecular flexibility index (Phi) is 2.10. The summed E-state index contributed by atoms with van der Waals surface area (Å²) in [4.78, 5) is 22.6. The summed E-state index contributed by atoms with van der Waals surface area (Å²) in [6, 6.07) is 0. The predicted octanol–water partition coefficient (Wildman–Crippen LogP) is 1.51. The number of nitrogens with zero attached hydrogens (tertiary/aromatic N) is 1. The zero-order valence-electron chi connectivity index (χ0n) is 6.62. The lowest BCUT2D eigenvalue weighted by Gasteiger charge is -2.29. The van der Waals surface area contributed by atoms with Gasteiger partial charge in [-0.1, -0.05) is 6.42 Å². The normalized spacial score (nSPS) is 31.1.